The van der Waals surface area contributed by atoms with Crippen LogP contribution >= 0.6 is 0 Å². The lowest BCUT2D eigenvalue weighted by atomic mass is 9.90. The minimum absolute atomic E-state index is 0.393. The molecule has 0 saturated carbocycles. The van der Waals surface area contributed by atoms with Gasteiger partial charge in [0.1, 0.15) is 5.82 Å². The zero-order valence-electron chi connectivity index (χ0n) is 8.88. The SMILES string of the molecule is Cn1nccc1NCC1(C)CCNC1. The summed E-state index contributed by atoms with van der Waals surface area (Å²) < 4.78 is 1.87. The van der Waals surface area contributed by atoms with E-state index in [0.717, 1.165) is 25.5 Å². The second-order valence-electron chi connectivity index (χ2n) is 4.43. The van der Waals surface area contributed by atoms with Crippen LogP contribution in [0.3, 0.4) is 0 Å². The third kappa shape index (κ3) is 1.90. The Morgan fingerprint density at radius 1 is 1.71 bits per heavy atom. The molecule has 2 heterocycles. The number of rotatable bonds is 3. The summed E-state index contributed by atoms with van der Waals surface area (Å²) in [6.45, 7) is 5.58. The van der Waals surface area contributed by atoms with Crippen LogP contribution in [0.2, 0.25) is 0 Å². The van der Waals surface area contributed by atoms with Gasteiger partial charge in [-0.05, 0) is 18.4 Å². The van der Waals surface area contributed by atoms with Gasteiger partial charge in [-0.15, -0.1) is 0 Å². The summed E-state index contributed by atoms with van der Waals surface area (Å²) in [6.07, 6.45) is 3.06. The van der Waals surface area contributed by atoms with Gasteiger partial charge in [0.25, 0.3) is 0 Å². The highest BCUT2D eigenvalue weighted by Gasteiger charge is 2.28. The van der Waals surface area contributed by atoms with Crippen molar-refractivity contribution >= 4 is 5.82 Å². The van der Waals surface area contributed by atoms with Crippen molar-refractivity contribution in [3.05, 3.63) is 12.3 Å². The molecule has 0 radical (unpaired) electrons. The summed E-state index contributed by atoms with van der Waals surface area (Å²) in [5, 5.41) is 11.0. The van der Waals surface area contributed by atoms with Crippen LogP contribution in [0.1, 0.15) is 13.3 Å². The van der Waals surface area contributed by atoms with Crippen LogP contribution in [0.4, 0.5) is 5.82 Å². The second kappa shape index (κ2) is 3.61. The predicted octanol–water partition coefficient (Wildman–Crippen LogP) is 0.832. The van der Waals surface area contributed by atoms with Crippen LogP contribution in [0, 0.1) is 5.41 Å². The lowest BCUT2D eigenvalue weighted by Gasteiger charge is -2.23. The highest BCUT2D eigenvalue weighted by atomic mass is 15.3. The molecule has 1 unspecified atom stereocenters. The van der Waals surface area contributed by atoms with Crippen molar-refractivity contribution in [2.45, 2.75) is 13.3 Å². The molecule has 0 spiro atoms. The van der Waals surface area contributed by atoms with E-state index in [4.69, 9.17) is 0 Å². The fraction of sp³-hybridized carbons (Fsp3) is 0.700. The maximum atomic E-state index is 4.12. The van der Waals surface area contributed by atoms with Crippen LogP contribution in [-0.4, -0.2) is 29.4 Å². The molecule has 4 heteroatoms. The Kier molecular flexibility index (Phi) is 2.46. The van der Waals surface area contributed by atoms with Crippen molar-refractivity contribution < 1.29 is 0 Å². The number of anilines is 1. The molecule has 2 N–H and O–H groups in total. The van der Waals surface area contributed by atoms with Crippen LogP contribution in [0.15, 0.2) is 12.3 Å². The largest absolute Gasteiger partial charge is 0.370 e. The maximum Gasteiger partial charge on any atom is 0.123 e. The Hall–Kier alpha value is -1.03. The van der Waals surface area contributed by atoms with Crippen molar-refractivity contribution in [3.63, 3.8) is 0 Å². The molecule has 0 amide bonds. The first-order valence-corrected chi connectivity index (χ1v) is 5.12. The van der Waals surface area contributed by atoms with Crippen molar-refractivity contribution in [1.29, 1.82) is 0 Å². The minimum atomic E-state index is 0.393. The number of nitrogens with zero attached hydrogens (tertiary/aromatic N) is 2. The number of aromatic nitrogens is 2. The monoisotopic (exact) mass is 194 g/mol. The number of hydrogen-bond donors (Lipinski definition) is 2. The minimum Gasteiger partial charge on any atom is -0.370 e. The molecule has 4 nitrogen and oxygen atoms in total. The molecule has 78 valence electrons. The molecule has 1 atom stereocenters. The van der Waals surface area contributed by atoms with Gasteiger partial charge in [0.15, 0.2) is 0 Å². The Bertz CT molecular complexity index is 299. The average molecular weight is 194 g/mol. The van der Waals surface area contributed by atoms with Crippen molar-refractivity contribution in [1.82, 2.24) is 15.1 Å². The molecular formula is C10H18N4. The van der Waals surface area contributed by atoms with E-state index in [-0.39, 0.29) is 0 Å². The molecule has 1 aliphatic rings. The highest BCUT2D eigenvalue weighted by Crippen LogP contribution is 2.24. The van der Waals surface area contributed by atoms with E-state index in [2.05, 4.69) is 22.7 Å². The van der Waals surface area contributed by atoms with Gasteiger partial charge in [-0.3, -0.25) is 4.68 Å². The topological polar surface area (TPSA) is 41.9 Å². The van der Waals surface area contributed by atoms with Gasteiger partial charge in [0.2, 0.25) is 0 Å². The van der Waals surface area contributed by atoms with E-state index < -0.39 is 0 Å². The molecule has 1 aliphatic heterocycles. The number of hydrogen-bond acceptors (Lipinski definition) is 3. The fourth-order valence-corrected chi connectivity index (χ4v) is 1.87. The van der Waals surface area contributed by atoms with Crippen LogP contribution in [-0.2, 0) is 7.05 Å². The third-order valence-corrected chi connectivity index (χ3v) is 2.97. The van der Waals surface area contributed by atoms with Gasteiger partial charge in [-0.2, -0.15) is 5.10 Å². The van der Waals surface area contributed by atoms with E-state index in [1.54, 1.807) is 0 Å². The molecule has 0 aliphatic carbocycles. The first-order chi connectivity index (χ1) is 6.70. The number of aryl methyl sites for hydroxylation is 1. The molecule has 14 heavy (non-hydrogen) atoms. The van der Waals surface area contributed by atoms with Crippen LogP contribution in [0.25, 0.3) is 0 Å². The molecule has 1 saturated heterocycles. The second-order valence-corrected chi connectivity index (χ2v) is 4.43. The lowest BCUT2D eigenvalue weighted by molar-refractivity contribution is 0.390. The summed E-state index contributed by atoms with van der Waals surface area (Å²) in [5.74, 6) is 1.10. The van der Waals surface area contributed by atoms with Crippen molar-refractivity contribution in [3.8, 4) is 0 Å². The predicted molar refractivity (Wildman–Crippen MR) is 57.3 cm³/mol. The zero-order chi connectivity index (χ0) is 10.0. The summed E-state index contributed by atoms with van der Waals surface area (Å²) in [7, 11) is 1.96. The maximum absolute atomic E-state index is 4.12. The first kappa shape index (κ1) is 9.52. The summed E-state index contributed by atoms with van der Waals surface area (Å²) in [5.41, 5.74) is 0.393. The standard InChI is InChI=1S/C10H18N4/c1-10(4-6-11-7-10)8-12-9-3-5-13-14(9)2/h3,5,11-12H,4,6-8H2,1-2H3. The molecule has 1 aromatic heterocycles. The van der Waals surface area contributed by atoms with Crippen molar-refractivity contribution in [2.75, 3.05) is 25.0 Å². The quantitative estimate of drug-likeness (QED) is 0.749. The van der Waals surface area contributed by atoms with Crippen molar-refractivity contribution in [2.24, 2.45) is 12.5 Å². The highest BCUT2D eigenvalue weighted by molar-refractivity contribution is 5.33. The van der Waals surface area contributed by atoms with E-state index >= 15 is 0 Å². The Balaban J connectivity index is 1.91. The van der Waals surface area contributed by atoms with Gasteiger partial charge >= 0.3 is 0 Å². The Morgan fingerprint density at radius 2 is 2.57 bits per heavy atom. The van der Waals surface area contributed by atoms with Gasteiger partial charge in [0.05, 0.1) is 6.20 Å². The fourth-order valence-electron chi connectivity index (χ4n) is 1.87. The third-order valence-electron chi connectivity index (χ3n) is 2.97. The first-order valence-electron chi connectivity index (χ1n) is 5.12. The number of nitrogens with one attached hydrogen (secondary N) is 2. The van der Waals surface area contributed by atoms with Gasteiger partial charge in [-0.1, -0.05) is 6.92 Å². The summed E-state index contributed by atoms with van der Waals surface area (Å²) in [4.78, 5) is 0. The average Bonchev–Trinajstić information content (AvgIpc) is 2.73. The molecule has 0 aromatic carbocycles. The smallest absolute Gasteiger partial charge is 0.123 e. The molecule has 2 rings (SSSR count). The van der Waals surface area contributed by atoms with E-state index in [1.807, 2.05) is 24.0 Å². The van der Waals surface area contributed by atoms with E-state index in [0.29, 0.717) is 5.41 Å². The molecule has 1 aromatic rings. The molecular weight excluding hydrogens is 176 g/mol. The van der Waals surface area contributed by atoms with E-state index in [9.17, 15) is 0 Å². The van der Waals surface area contributed by atoms with Gasteiger partial charge < -0.3 is 10.6 Å². The van der Waals surface area contributed by atoms with Crippen LogP contribution in [0.5, 0.6) is 0 Å². The van der Waals surface area contributed by atoms with E-state index in [1.165, 1.54) is 6.42 Å². The zero-order valence-corrected chi connectivity index (χ0v) is 8.88. The lowest BCUT2D eigenvalue weighted by Crippen LogP contribution is -2.29. The normalized spacial score (nSPS) is 26.7. The summed E-state index contributed by atoms with van der Waals surface area (Å²) >= 11 is 0. The molecule has 0 bridgehead atoms. The van der Waals surface area contributed by atoms with Crippen LogP contribution < -0.4 is 10.6 Å². The van der Waals surface area contributed by atoms with Gasteiger partial charge in [-0.25, -0.2) is 0 Å². The Morgan fingerprint density at radius 3 is 3.14 bits per heavy atom. The molecule has 1 fully saturated rings. The summed E-state index contributed by atoms with van der Waals surface area (Å²) in [6, 6.07) is 2.01. The Labute approximate surface area is 84.7 Å². The van der Waals surface area contributed by atoms with Gasteiger partial charge in [0, 0.05) is 26.2 Å².